The Kier molecular flexibility index (Phi) is 5.68. The molecule has 3 rings (SSSR count). The summed E-state index contributed by atoms with van der Waals surface area (Å²) >= 11 is 1.25. The van der Waals surface area contributed by atoms with Gasteiger partial charge in [0, 0.05) is 30.9 Å². The Balaban J connectivity index is 1.75. The molecule has 1 aromatic heterocycles. The van der Waals surface area contributed by atoms with Crippen molar-refractivity contribution in [2.75, 3.05) is 18.0 Å². The number of rotatable bonds is 7. The Morgan fingerprint density at radius 2 is 2.04 bits per heavy atom. The number of nitro groups is 1. The van der Waals surface area contributed by atoms with Crippen molar-refractivity contribution in [1.82, 2.24) is 4.98 Å². The molecule has 8 nitrogen and oxygen atoms in total. The van der Waals surface area contributed by atoms with Crippen molar-refractivity contribution in [2.45, 2.75) is 13.3 Å². The van der Waals surface area contributed by atoms with Gasteiger partial charge in [0.1, 0.15) is 0 Å². The third-order valence-electron chi connectivity index (χ3n) is 3.91. The van der Waals surface area contributed by atoms with E-state index < -0.39 is 4.92 Å². The average Bonchev–Trinajstić information content (AvgIpc) is 3.10. The van der Waals surface area contributed by atoms with E-state index in [0.717, 1.165) is 12.2 Å². The number of nitriles is 1. The zero-order chi connectivity index (χ0) is 19.2. The van der Waals surface area contributed by atoms with Gasteiger partial charge in [-0.25, -0.2) is 4.98 Å². The lowest BCUT2D eigenvalue weighted by Gasteiger charge is -2.21. The van der Waals surface area contributed by atoms with E-state index in [1.54, 1.807) is 6.07 Å². The summed E-state index contributed by atoms with van der Waals surface area (Å²) in [6.45, 7) is 3.55. The van der Waals surface area contributed by atoms with Gasteiger partial charge in [-0.2, -0.15) is 5.26 Å². The minimum atomic E-state index is -0.432. The first kappa shape index (κ1) is 18.4. The van der Waals surface area contributed by atoms with E-state index in [1.807, 2.05) is 31.2 Å². The molecule has 27 heavy (non-hydrogen) atoms. The number of nitro benzene ring substituents is 1. The van der Waals surface area contributed by atoms with E-state index in [-0.39, 0.29) is 5.69 Å². The van der Waals surface area contributed by atoms with Crippen molar-refractivity contribution in [3.8, 4) is 6.07 Å². The topological polar surface area (TPSA) is 108 Å². The smallest absolute Gasteiger partial charge is 0.270 e. The predicted molar refractivity (Wildman–Crippen MR) is 105 cm³/mol. The highest BCUT2D eigenvalue weighted by atomic mass is 32.1. The number of fused-ring (bicyclic) bond motifs is 1. The molecule has 9 heteroatoms. The van der Waals surface area contributed by atoms with Crippen LogP contribution in [0.15, 0.2) is 52.7 Å². The predicted octanol–water partition coefficient (Wildman–Crippen LogP) is 5.36. The van der Waals surface area contributed by atoms with E-state index in [1.165, 1.54) is 23.5 Å². The van der Waals surface area contributed by atoms with Crippen LogP contribution in [0.5, 0.6) is 0 Å². The summed E-state index contributed by atoms with van der Waals surface area (Å²) in [6, 6.07) is 14.3. The maximum atomic E-state index is 10.8. The second kappa shape index (κ2) is 8.33. The highest BCUT2D eigenvalue weighted by molar-refractivity contribution is 7.21. The zero-order valence-corrected chi connectivity index (χ0v) is 15.4. The fourth-order valence-electron chi connectivity index (χ4n) is 2.54. The van der Waals surface area contributed by atoms with Crippen LogP contribution < -0.4 is 4.90 Å². The van der Waals surface area contributed by atoms with Crippen LogP contribution >= 0.6 is 11.3 Å². The second-order valence-electron chi connectivity index (χ2n) is 5.61. The summed E-state index contributed by atoms with van der Waals surface area (Å²) in [5.41, 5.74) is 2.40. The molecular formula is C18H16N6O2S. The molecule has 0 saturated carbocycles. The largest absolute Gasteiger partial charge is 0.371 e. The third-order valence-corrected chi connectivity index (χ3v) is 4.82. The molecule has 0 N–H and O–H groups in total. The van der Waals surface area contributed by atoms with Gasteiger partial charge in [-0.05, 0) is 37.3 Å². The monoisotopic (exact) mass is 380 g/mol. The fraction of sp³-hybridized carbons (Fsp3) is 0.222. The van der Waals surface area contributed by atoms with Crippen LogP contribution in [0.25, 0.3) is 10.2 Å². The molecule has 0 bridgehead atoms. The number of aromatic nitrogens is 1. The number of anilines is 1. The first-order valence-electron chi connectivity index (χ1n) is 8.29. The van der Waals surface area contributed by atoms with E-state index in [2.05, 4.69) is 26.2 Å². The Hall–Kier alpha value is -3.38. The maximum absolute atomic E-state index is 10.8. The van der Waals surface area contributed by atoms with Crippen LogP contribution in [0.4, 0.5) is 22.2 Å². The number of azo groups is 1. The number of hydrogen-bond donors (Lipinski definition) is 0. The molecule has 2 aromatic carbocycles. The van der Waals surface area contributed by atoms with Crippen LogP contribution in [-0.4, -0.2) is 23.0 Å². The molecule has 3 aromatic rings. The van der Waals surface area contributed by atoms with Crippen molar-refractivity contribution >= 4 is 43.7 Å². The molecule has 0 unspecified atom stereocenters. The quantitative estimate of drug-likeness (QED) is 0.311. The SMILES string of the molecule is CCN(CCC#N)c1ccc(N=Nc2nc3ccc([N+](=O)[O-])cc3s2)cc1. The van der Waals surface area contributed by atoms with Gasteiger partial charge in [-0.15, -0.1) is 10.2 Å². The Morgan fingerprint density at radius 1 is 1.26 bits per heavy atom. The van der Waals surface area contributed by atoms with E-state index in [0.29, 0.717) is 34.0 Å². The van der Waals surface area contributed by atoms with Crippen molar-refractivity contribution < 1.29 is 4.92 Å². The normalized spacial score (nSPS) is 11.0. The third kappa shape index (κ3) is 4.43. The second-order valence-corrected chi connectivity index (χ2v) is 6.62. The molecule has 136 valence electrons. The molecule has 0 amide bonds. The summed E-state index contributed by atoms with van der Waals surface area (Å²) in [7, 11) is 0. The van der Waals surface area contributed by atoms with E-state index in [9.17, 15) is 10.1 Å². The van der Waals surface area contributed by atoms with Crippen molar-refractivity contribution in [1.29, 1.82) is 5.26 Å². The number of benzene rings is 2. The molecule has 0 fully saturated rings. The first-order chi connectivity index (χ1) is 13.1. The number of non-ortho nitro benzene ring substituents is 1. The molecule has 0 saturated heterocycles. The highest BCUT2D eigenvalue weighted by Crippen LogP contribution is 2.32. The van der Waals surface area contributed by atoms with Gasteiger partial charge in [-0.3, -0.25) is 10.1 Å². The van der Waals surface area contributed by atoms with Crippen LogP contribution in [-0.2, 0) is 0 Å². The average molecular weight is 380 g/mol. The van der Waals surface area contributed by atoms with Gasteiger partial charge in [-0.1, -0.05) is 11.3 Å². The van der Waals surface area contributed by atoms with Crippen LogP contribution in [0.2, 0.25) is 0 Å². The number of hydrogen-bond acceptors (Lipinski definition) is 8. The van der Waals surface area contributed by atoms with E-state index >= 15 is 0 Å². The van der Waals surface area contributed by atoms with Gasteiger partial charge in [0.25, 0.3) is 5.69 Å². The molecule has 0 spiro atoms. The van der Waals surface area contributed by atoms with Gasteiger partial charge < -0.3 is 4.90 Å². The minimum absolute atomic E-state index is 0.0297. The molecule has 0 radical (unpaired) electrons. The maximum Gasteiger partial charge on any atom is 0.270 e. The minimum Gasteiger partial charge on any atom is -0.371 e. The summed E-state index contributed by atoms with van der Waals surface area (Å²) < 4.78 is 0.699. The van der Waals surface area contributed by atoms with Gasteiger partial charge in [0.2, 0.25) is 5.13 Å². The van der Waals surface area contributed by atoms with Gasteiger partial charge >= 0.3 is 0 Å². The summed E-state index contributed by atoms with van der Waals surface area (Å²) in [5, 5.41) is 28.3. The standard InChI is InChI=1S/C18H16N6O2S/c1-2-23(11-3-10-19)14-6-4-13(5-7-14)21-22-18-20-16-9-8-15(24(25)26)12-17(16)27-18/h4-9,12H,2-3,11H2,1H3. The molecule has 0 aliphatic carbocycles. The lowest BCUT2D eigenvalue weighted by molar-refractivity contribution is -0.384. The zero-order valence-electron chi connectivity index (χ0n) is 14.6. The van der Waals surface area contributed by atoms with Gasteiger partial charge in [0.05, 0.1) is 33.3 Å². The Labute approximate surface area is 159 Å². The van der Waals surface area contributed by atoms with Crippen molar-refractivity contribution in [3.05, 3.63) is 52.6 Å². The molecule has 0 atom stereocenters. The Bertz CT molecular complexity index is 1020. The van der Waals surface area contributed by atoms with Crippen LogP contribution in [0, 0.1) is 21.4 Å². The van der Waals surface area contributed by atoms with Gasteiger partial charge in [0.15, 0.2) is 0 Å². The summed E-state index contributed by atoms with van der Waals surface area (Å²) in [6.07, 6.45) is 0.477. The molecule has 1 heterocycles. The summed E-state index contributed by atoms with van der Waals surface area (Å²) in [4.78, 5) is 16.8. The Morgan fingerprint density at radius 3 is 2.70 bits per heavy atom. The first-order valence-corrected chi connectivity index (χ1v) is 9.11. The molecule has 0 aliphatic rings. The lowest BCUT2D eigenvalue weighted by atomic mass is 10.2. The lowest BCUT2D eigenvalue weighted by Crippen LogP contribution is -2.23. The molecule has 0 aliphatic heterocycles. The highest BCUT2D eigenvalue weighted by Gasteiger charge is 2.10. The van der Waals surface area contributed by atoms with Crippen molar-refractivity contribution in [2.24, 2.45) is 10.2 Å². The van der Waals surface area contributed by atoms with E-state index in [4.69, 9.17) is 5.26 Å². The van der Waals surface area contributed by atoms with Crippen LogP contribution in [0.3, 0.4) is 0 Å². The number of nitrogens with zero attached hydrogens (tertiary/aromatic N) is 6. The van der Waals surface area contributed by atoms with Crippen LogP contribution in [0.1, 0.15) is 13.3 Å². The molecular weight excluding hydrogens is 364 g/mol. The number of thiazole rings is 1. The fourth-order valence-corrected chi connectivity index (χ4v) is 3.36. The summed E-state index contributed by atoms with van der Waals surface area (Å²) in [5.74, 6) is 0. The van der Waals surface area contributed by atoms with Crippen molar-refractivity contribution in [3.63, 3.8) is 0 Å².